The Morgan fingerprint density at radius 3 is 3.04 bits per heavy atom. The summed E-state index contributed by atoms with van der Waals surface area (Å²) in [4.78, 5) is 23.0. The highest BCUT2D eigenvalue weighted by Gasteiger charge is 2.32. The Morgan fingerprint density at radius 2 is 2.30 bits per heavy atom. The maximum atomic E-state index is 11.9. The van der Waals surface area contributed by atoms with E-state index in [0.717, 1.165) is 17.7 Å². The van der Waals surface area contributed by atoms with Crippen LogP contribution < -0.4 is 20.1 Å². The van der Waals surface area contributed by atoms with E-state index in [0.29, 0.717) is 31.7 Å². The molecule has 0 bridgehead atoms. The standard InChI is InChI=1S/C17H22N2O4/c1-17(2)10-11-4-3-5-13(15(11)23-17)22-9-8-18-16(21)12-6-7-14(20)19-12/h3-5,12H,6-10H2,1-2H3,(H,18,21)(H,19,20). The average molecular weight is 318 g/mol. The molecule has 0 radical (unpaired) electrons. The van der Waals surface area contributed by atoms with Crippen molar-refractivity contribution >= 4 is 11.8 Å². The van der Waals surface area contributed by atoms with Crippen LogP contribution in [-0.2, 0) is 16.0 Å². The Hall–Kier alpha value is -2.24. The molecule has 1 aromatic rings. The van der Waals surface area contributed by atoms with Crippen molar-refractivity contribution in [3.05, 3.63) is 23.8 Å². The van der Waals surface area contributed by atoms with Gasteiger partial charge < -0.3 is 20.1 Å². The fourth-order valence-corrected chi connectivity index (χ4v) is 2.97. The molecule has 23 heavy (non-hydrogen) atoms. The minimum atomic E-state index is -0.410. The first kappa shape index (κ1) is 15.6. The van der Waals surface area contributed by atoms with Crippen molar-refractivity contribution in [2.24, 2.45) is 0 Å². The van der Waals surface area contributed by atoms with Crippen LogP contribution in [-0.4, -0.2) is 36.6 Å². The van der Waals surface area contributed by atoms with Gasteiger partial charge in [0.05, 0.1) is 6.54 Å². The van der Waals surface area contributed by atoms with Gasteiger partial charge in [-0.25, -0.2) is 0 Å². The molecular formula is C17H22N2O4. The summed E-state index contributed by atoms with van der Waals surface area (Å²) in [7, 11) is 0. The Morgan fingerprint density at radius 1 is 1.48 bits per heavy atom. The number of benzene rings is 1. The smallest absolute Gasteiger partial charge is 0.242 e. The summed E-state index contributed by atoms with van der Waals surface area (Å²) in [5.41, 5.74) is 0.932. The molecular weight excluding hydrogens is 296 g/mol. The van der Waals surface area contributed by atoms with Crippen LogP contribution in [0.15, 0.2) is 18.2 Å². The summed E-state index contributed by atoms with van der Waals surface area (Å²) < 4.78 is 11.7. The summed E-state index contributed by atoms with van der Waals surface area (Å²) in [5, 5.41) is 5.42. The molecule has 3 rings (SSSR count). The second-order valence-corrected chi connectivity index (χ2v) is 6.58. The number of hydrogen-bond donors (Lipinski definition) is 2. The van der Waals surface area contributed by atoms with Crippen molar-refractivity contribution in [2.45, 2.75) is 44.8 Å². The third-order valence-corrected chi connectivity index (χ3v) is 4.03. The van der Waals surface area contributed by atoms with Gasteiger partial charge in [-0.05, 0) is 26.3 Å². The van der Waals surface area contributed by atoms with Crippen molar-refractivity contribution in [1.29, 1.82) is 0 Å². The zero-order valence-electron chi connectivity index (χ0n) is 13.5. The molecule has 0 aromatic heterocycles. The van der Waals surface area contributed by atoms with Gasteiger partial charge in [-0.15, -0.1) is 0 Å². The minimum Gasteiger partial charge on any atom is -0.488 e. The number of nitrogens with one attached hydrogen (secondary N) is 2. The first-order chi connectivity index (χ1) is 10.9. The molecule has 6 nitrogen and oxygen atoms in total. The molecule has 2 heterocycles. The highest BCUT2D eigenvalue weighted by atomic mass is 16.5. The monoisotopic (exact) mass is 318 g/mol. The van der Waals surface area contributed by atoms with Gasteiger partial charge in [-0.2, -0.15) is 0 Å². The number of fused-ring (bicyclic) bond motifs is 1. The van der Waals surface area contributed by atoms with Crippen LogP contribution in [0, 0.1) is 0 Å². The first-order valence-electron chi connectivity index (χ1n) is 7.95. The molecule has 2 aliphatic heterocycles. The zero-order chi connectivity index (χ0) is 16.4. The fourth-order valence-electron chi connectivity index (χ4n) is 2.97. The second kappa shape index (κ2) is 6.10. The third-order valence-electron chi connectivity index (χ3n) is 4.03. The summed E-state index contributed by atoms with van der Waals surface area (Å²) in [6, 6.07) is 5.46. The van der Waals surface area contributed by atoms with Crippen LogP contribution >= 0.6 is 0 Å². The van der Waals surface area contributed by atoms with Crippen LogP contribution in [0.2, 0.25) is 0 Å². The highest BCUT2D eigenvalue weighted by molar-refractivity contribution is 5.90. The summed E-state index contributed by atoms with van der Waals surface area (Å²) >= 11 is 0. The zero-order valence-corrected chi connectivity index (χ0v) is 13.5. The molecule has 124 valence electrons. The Balaban J connectivity index is 1.48. The quantitative estimate of drug-likeness (QED) is 0.799. The van der Waals surface area contributed by atoms with Crippen LogP contribution in [0.3, 0.4) is 0 Å². The maximum absolute atomic E-state index is 11.9. The first-order valence-corrected chi connectivity index (χ1v) is 7.95. The number of rotatable bonds is 5. The van der Waals surface area contributed by atoms with E-state index in [9.17, 15) is 9.59 Å². The molecule has 1 aromatic carbocycles. The lowest BCUT2D eigenvalue weighted by molar-refractivity contribution is -0.125. The van der Waals surface area contributed by atoms with Gasteiger partial charge in [0.15, 0.2) is 11.5 Å². The largest absolute Gasteiger partial charge is 0.488 e. The maximum Gasteiger partial charge on any atom is 0.242 e. The third kappa shape index (κ3) is 3.57. The molecule has 2 aliphatic rings. The summed E-state index contributed by atoms with van der Waals surface area (Å²) in [5.74, 6) is 1.28. The predicted molar refractivity (Wildman–Crippen MR) is 84.5 cm³/mol. The van der Waals surface area contributed by atoms with Gasteiger partial charge in [0.25, 0.3) is 0 Å². The summed E-state index contributed by atoms with van der Waals surface area (Å²) in [6.45, 7) is 4.84. The molecule has 1 atom stereocenters. The molecule has 2 amide bonds. The summed E-state index contributed by atoms with van der Waals surface area (Å²) in [6.07, 6.45) is 1.83. The van der Waals surface area contributed by atoms with Crippen molar-refractivity contribution in [2.75, 3.05) is 13.2 Å². The van der Waals surface area contributed by atoms with E-state index in [1.54, 1.807) is 0 Å². The van der Waals surface area contributed by atoms with E-state index in [4.69, 9.17) is 9.47 Å². The fraction of sp³-hybridized carbons (Fsp3) is 0.529. The van der Waals surface area contributed by atoms with E-state index in [1.807, 2.05) is 32.0 Å². The van der Waals surface area contributed by atoms with E-state index in [1.165, 1.54) is 0 Å². The lowest BCUT2D eigenvalue weighted by Crippen LogP contribution is -2.42. The molecule has 1 unspecified atom stereocenters. The van der Waals surface area contributed by atoms with Crippen LogP contribution in [0.4, 0.5) is 0 Å². The molecule has 1 saturated heterocycles. The number of hydrogen-bond acceptors (Lipinski definition) is 4. The van der Waals surface area contributed by atoms with Gasteiger partial charge in [0.1, 0.15) is 18.2 Å². The molecule has 0 aliphatic carbocycles. The van der Waals surface area contributed by atoms with Gasteiger partial charge in [-0.3, -0.25) is 9.59 Å². The van der Waals surface area contributed by atoms with E-state index < -0.39 is 6.04 Å². The van der Waals surface area contributed by atoms with Gasteiger partial charge in [0, 0.05) is 18.4 Å². The van der Waals surface area contributed by atoms with Crippen LogP contribution in [0.5, 0.6) is 11.5 Å². The minimum absolute atomic E-state index is 0.0685. The molecule has 0 spiro atoms. The number of amides is 2. The van der Waals surface area contributed by atoms with E-state index >= 15 is 0 Å². The number of para-hydroxylation sites is 1. The predicted octanol–water partition coefficient (Wildman–Crippen LogP) is 1.17. The molecule has 1 fully saturated rings. The highest BCUT2D eigenvalue weighted by Crippen LogP contribution is 2.41. The Labute approximate surface area is 135 Å². The lowest BCUT2D eigenvalue weighted by Gasteiger charge is -2.18. The lowest BCUT2D eigenvalue weighted by atomic mass is 10.0. The average Bonchev–Trinajstić information content (AvgIpc) is 3.05. The normalized spacial score (nSPS) is 21.3. The van der Waals surface area contributed by atoms with Crippen molar-refractivity contribution in [3.8, 4) is 11.5 Å². The Kier molecular flexibility index (Phi) is 4.15. The number of carbonyl (C=O) groups is 2. The number of ether oxygens (including phenoxy) is 2. The van der Waals surface area contributed by atoms with Crippen LogP contribution in [0.1, 0.15) is 32.3 Å². The van der Waals surface area contributed by atoms with Gasteiger partial charge in [-0.1, -0.05) is 12.1 Å². The second-order valence-electron chi connectivity index (χ2n) is 6.58. The molecule has 6 heteroatoms. The van der Waals surface area contributed by atoms with Crippen molar-refractivity contribution in [1.82, 2.24) is 10.6 Å². The van der Waals surface area contributed by atoms with E-state index in [2.05, 4.69) is 10.6 Å². The molecule has 0 saturated carbocycles. The van der Waals surface area contributed by atoms with Gasteiger partial charge >= 0.3 is 0 Å². The van der Waals surface area contributed by atoms with Crippen molar-refractivity contribution in [3.63, 3.8) is 0 Å². The SMILES string of the molecule is CC1(C)Cc2cccc(OCCNC(=O)C3CCC(=O)N3)c2O1. The molecule has 2 N–H and O–H groups in total. The van der Waals surface area contributed by atoms with E-state index in [-0.39, 0.29) is 17.4 Å². The Bertz CT molecular complexity index is 627. The van der Waals surface area contributed by atoms with Gasteiger partial charge in [0.2, 0.25) is 11.8 Å². The number of carbonyl (C=O) groups excluding carboxylic acids is 2. The topological polar surface area (TPSA) is 76.7 Å². The van der Waals surface area contributed by atoms with Crippen molar-refractivity contribution < 1.29 is 19.1 Å². The van der Waals surface area contributed by atoms with Crippen LogP contribution in [0.25, 0.3) is 0 Å².